The highest BCUT2D eigenvalue weighted by Crippen LogP contribution is 2.36. The van der Waals surface area contributed by atoms with Gasteiger partial charge in [-0.05, 0) is 48.7 Å². The molecule has 5 heterocycles. The van der Waals surface area contributed by atoms with Crippen LogP contribution in [0.4, 0.5) is 17.1 Å². The number of aromatic nitrogens is 3. The second-order valence-corrected chi connectivity index (χ2v) is 9.92. The highest BCUT2D eigenvalue weighted by Gasteiger charge is 2.26. The van der Waals surface area contributed by atoms with Crippen molar-refractivity contribution in [1.82, 2.24) is 14.6 Å². The van der Waals surface area contributed by atoms with Gasteiger partial charge in [0.1, 0.15) is 11.6 Å². The van der Waals surface area contributed by atoms with Crippen molar-refractivity contribution >= 4 is 28.4 Å². The largest absolute Gasteiger partial charge is 0.508 e. The number of aliphatic imine (C=N–C) groups is 1. The Morgan fingerprint density at radius 3 is 2.87 bits per heavy atom. The van der Waals surface area contributed by atoms with Crippen molar-refractivity contribution in [3.63, 3.8) is 0 Å². The zero-order valence-corrected chi connectivity index (χ0v) is 21.3. The summed E-state index contributed by atoms with van der Waals surface area (Å²) in [6.45, 7) is 5.01. The Kier molecular flexibility index (Phi) is 6.34. The number of nitrogens with zero attached hydrogens (tertiary/aromatic N) is 5. The van der Waals surface area contributed by atoms with Gasteiger partial charge in [-0.25, -0.2) is 9.51 Å². The van der Waals surface area contributed by atoms with Gasteiger partial charge in [0.2, 0.25) is 0 Å². The van der Waals surface area contributed by atoms with Crippen molar-refractivity contribution in [2.45, 2.75) is 31.8 Å². The summed E-state index contributed by atoms with van der Waals surface area (Å²) in [5.74, 6) is 0.558. The number of aryl methyl sites for hydroxylation is 1. The third kappa shape index (κ3) is 4.52. The molecule has 0 amide bonds. The molecule has 2 fully saturated rings. The summed E-state index contributed by atoms with van der Waals surface area (Å²) in [6, 6.07) is 9.62. The first-order chi connectivity index (χ1) is 18.5. The predicted octanol–water partition coefficient (Wildman–Crippen LogP) is 3.05. The van der Waals surface area contributed by atoms with Gasteiger partial charge in [-0.3, -0.25) is 4.98 Å². The van der Waals surface area contributed by atoms with Crippen molar-refractivity contribution < 1.29 is 9.84 Å². The van der Waals surface area contributed by atoms with Crippen LogP contribution in [0.25, 0.3) is 16.6 Å². The molecule has 0 unspecified atom stereocenters. The maximum absolute atomic E-state index is 9.90. The number of rotatable bonds is 7. The van der Waals surface area contributed by atoms with Crippen LogP contribution in [-0.4, -0.2) is 63.9 Å². The minimum atomic E-state index is 0.155. The molecule has 10 nitrogen and oxygen atoms in total. The van der Waals surface area contributed by atoms with Crippen LogP contribution in [-0.2, 0) is 11.2 Å². The molecule has 0 spiro atoms. The van der Waals surface area contributed by atoms with Gasteiger partial charge in [0.05, 0.1) is 41.3 Å². The van der Waals surface area contributed by atoms with Gasteiger partial charge in [0, 0.05) is 61.1 Å². The van der Waals surface area contributed by atoms with E-state index in [1.54, 1.807) is 24.4 Å². The number of aromatic hydroxyl groups is 1. The lowest BCUT2D eigenvalue weighted by atomic mass is 10.0. The fourth-order valence-corrected chi connectivity index (χ4v) is 5.15. The zero-order chi connectivity index (χ0) is 26.2. The van der Waals surface area contributed by atoms with E-state index in [-0.39, 0.29) is 17.8 Å². The smallest absolute Gasteiger partial charge is 0.135 e. The zero-order valence-electron chi connectivity index (χ0n) is 21.3. The van der Waals surface area contributed by atoms with E-state index in [1.165, 1.54) is 0 Å². The van der Waals surface area contributed by atoms with Crippen LogP contribution in [0, 0.1) is 0 Å². The summed E-state index contributed by atoms with van der Waals surface area (Å²) in [5, 5.41) is 18.2. The summed E-state index contributed by atoms with van der Waals surface area (Å²) < 4.78 is 7.49. The van der Waals surface area contributed by atoms with Crippen LogP contribution in [0.15, 0.2) is 60.1 Å². The molecule has 1 atom stereocenters. The number of pyridine rings is 1. The first-order valence-corrected chi connectivity index (χ1v) is 13.0. The Hall–Kier alpha value is -4.15. The molecule has 0 bridgehead atoms. The second kappa shape index (κ2) is 9.96. The van der Waals surface area contributed by atoms with Crippen molar-refractivity contribution in [1.29, 1.82) is 0 Å². The van der Waals surface area contributed by atoms with E-state index >= 15 is 0 Å². The highest BCUT2D eigenvalue weighted by atomic mass is 16.5. The van der Waals surface area contributed by atoms with Crippen LogP contribution in [0.2, 0.25) is 0 Å². The van der Waals surface area contributed by atoms with E-state index in [0.29, 0.717) is 24.6 Å². The van der Waals surface area contributed by atoms with Crippen LogP contribution in [0.3, 0.4) is 0 Å². The standard InChI is InChI=1S/C28H32N8O2/c1-2-17-9-21(37)3-4-24(17)34-28(30)23-12-32-36-13-18(10-26(36)27(23)33-20-6-8-38-16-20)22-11-31-7-5-25(22)35-14-19(29)15-35/h3-5,7,9-13,19-20,33,37H,2,6,8,14-16,29H2,1H3,(H2,30,34)/t20-/m0/s1. The van der Waals surface area contributed by atoms with E-state index in [0.717, 1.165) is 65.2 Å². The minimum absolute atomic E-state index is 0.155. The highest BCUT2D eigenvalue weighted by molar-refractivity contribution is 6.06. The van der Waals surface area contributed by atoms with Gasteiger partial charge in [0.15, 0.2) is 0 Å². The molecule has 2 saturated heterocycles. The van der Waals surface area contributed by atoms with Gasteiger partial charge in [-0.15, -0.1) is 0 Å². The van der Waals surface area contributed by atoms with Crippen molar-refractivity contribution in [2.75, 3.05) is 36.5 Å². The summed E-state index contributed by atoms with van der Waals surface area (Å²) in [7, 11) is 0. The quantitative estimate of drug-likeness (QED) is 0.219. The predicted molar refractivity (Wildman–Crippen MR) is 149 cm³/mol. The lowest BCUT2D eigenvalue weighted by Crippen LogP contribution is -2.56. The maximum atomic E-state index is 9.90. The lowest BCUT2D eigenvalue weighted by Gasteiger charge is -2.39. The third-order valence-corrected chi connectivity index (χ3v) is 7.24. The molecular formula is C28H32N8O2. The van der Waals surface area contributed by atoms with Crippen molar-refractivity contribution in [3.05, 3.63) is 66.2 Å². The van der Waals surface area contributed by atoms with Crippen molar-refractivity contribution in [3.8, 4) is 16.9 Å². The molecule has 196 valence electrons. The van der Waals surface area contributed by atoms with Gasteiger partial charge < -0.3 is 31.5 Å². The molecule has 0 saturated carbocycles. The number of phenols is 1. The van der Waals surface area contributed by atoms with Gasteiger partial charge in [0.25, 0.3) is 0 Å². The van der Waals surface area contributed by atoms with Gasteiger partial charge in [-0.1, -0.05) is 6.92 Å². The molecule has 0 aliphatic carbocycles. The van der Waals surface area contributed by atoms with E-state index in [1.807, 2.05) is 36.1 Å². The number of fused-ring (bicyclic) bond motifs is 1. The Labute approximate surface area is 221 Å². The number of benzene rings is 1. The Bertz CT molecular complexity index is 1500. The summed E-state index contributed by atoms with van der Waals surface area (Å²) >= 11 is 0. The average molecular weight is 513 g/mol. The molecular weight excluding hydrogens is 480 g/mol. The molecule has 0 radical (unpaired) electrons. The second-order valence-electron chi connectivity index (χ2n) is 9.92. The summed E-state index contributed by atoms with van der Waals surface area (Å²) in [5.41, 5.74) is 19.9. The molecule has 1 aromatic carbocycles. The number of nitrogens with two attached hydrogens (primary N) is 2. The van der Waals surface area contributed by atoms with Crippen LogP contribution < -0.4 is 21.7 Å². The Morgan fingerprint density at radius 1 is 1.24 bits per heavy atom. The van der Waals surface area contributed by atoms with Crippen LogP contribution in [0.5, 0.6) is 5.75 Å². The first kappa shape index (κ1) is 24.2. The lowest BCUT2D eigenvalue weighted by molar-refractivity contribution is 0.195. The number of hydrogen-bond acceptors (Lipinski definition) is 8. The van der Waals surface area contributed by atoms with Gasteiger partial charge in [-0.2, -0.15) is 5.10 Å². The number of amidine groups is 1. The molecule has 6 N–H and O–H groups in total. The van der Waals surface area contributed by atoms with E-state index in [4.69, 9.17) is 26.3 Å². The number of phenolic OH excluding ortho intramolecular Hbond substituents is 1. The first-order valence-electron chi connectivity index (χ1n) is 13.0. The van der Waals surface area contributed by atoms with E-state index < -0.39 is 0 Å². The molecule has 3 aromatic heterocycles. The molecule has 6 rings (SSSR count). The molecule has 38 heavy (non-hydrogen) atoms. The molecule has 2 aliphatic rings. The van der Waals surface area contributed by atoms with E-state index in [2.05, 4.69) is 21.3 Å². The van der Waals surface area contributed by atoms with Crippen molar-refractivity contribution in [2.24, 2.45) is 16.5 Å². The minimum Gasteiger partial charge on any atom is -0.508 e. The number of anilines is 2. The summed E-state index contributed by atoms with van der Waals surface area (Å²) in [4.78, 5) is 11.4. The number of hydrogen-bond donors (Lipinski definition) is 4. The number of nitrogens with one attached hydrogen (secondary N) is 1. The normalized spacial score (nSPS) is 18.2. The average Bonchev–Trinajstić information content (AvgIpc) is 3.58. The Balaban J connectivity index is 1.45. The maximum Gasteiger partial charge on any atom is 0.135 e. The molecule has 10 heteroatoms. The third-order valence-electron chi connectivity index (χ3n) is 7.24. The van der Waals surface area contributed by atoms with Crippen LogP contribution in [0.1, 0.15) is 24.5 Å². The fraction of sp³-hybridized carbons (Fsp3) is 0.321. The van der Waals surface area contributed by atoms with Gasteiger partial charge >= 0.3 is 0 Å². The Morgan fingerprint density at radius 2 is 2.11 bits per heavy atom. The monoisotopic (exact) mass is 512 g/mol. The topological polar surface area (TPSA) is 139 Å². The summed E-state index contributed by atoms with van der Waals surface area (Å²) in [6.07, 6.45) is 9.08. The SMILES string of the molecule is CCc1cc(O)ccc1N=C(N)c1cnn2cc(-c3cnccc3N3CC(N)C3)cc2c1N[C@H]1CCOC1. The molecule has 2 aliphatic heterocycles. The molecule has 4 aromatic rings. The van der Waals surface area contributed by atoms with E-state index in [9.17, 15) is 5.11 Å². The van der Waals surface area contributed by atoms with Crippen LogP contribution >= 0.6 is 0 Å². The number of ether oxygens (including phenoxy) is 1. The fourth-order valence-electron chi connectivity index (χ4n) is 5.15.